The second-order valence-electron chi connectivity index (χ2n) is 5.35. The van der Waals surface area contributed by atoms with Crippen LogP contribution in [0.3, 0.4) is 0 Å². The molecule has 0 aliphatic rings. The quantitative estimate of drug-likeness (QED) is 0.898. The van der Waals surface area contributed by atoms with Crippen molar-refractivity contribution in [2.24, 2.45) is 5.73 Å². The Morgan fingerprint density at radius 3 is 2.47 bits per heavy atom. The molecule has 0 aromatic heterocycles. The van der Waals surface area contributed by atoms with E-state index in [1.165, 1.54) is 0 Å². The van der Waals surface area contributed by atoms with Gasteiger partial charge in [-0.3, -0.25) is 0 Å². The van der Waals surface area contributed by atoms with Gasteiger partial charge >= 0.3 is 6.09 Å². The van der Waals surface area contributed by atoms with Crippen LogP contribution in [-0.2, 0) is 4.74 Å². The van der Waals surface area contributed by atoms with E-state index in [1.807, 2.05) is 52.0 Å². The molecule has 1 atom stereocenters. The third-order valence-corrected chi connectivity index (χ3v) is 2.45. The predicted molar refractivity (Wildman–Crippen MR) is 79.6 cm³/mol. The largest absolute Gasteiger partial charge is 0.444 e. The molecule has 0 saturated carbocycles. The number of nitrogens with one attached hydrogen (secondary N) is 1. The lowest BCUT2D eigenvalue weighted by Gasteiger charge is -2.21. The molecule has 1 amide bonds. The first-order valence-corrected chi connectivity index (χ1v) is 6.07. The van der Waals surface area contributed by atoms with E-state index in [4.69, 9.17) is 10.5 Å². The molecular formula is C14H23ClN2O2. The van der Waals surface area contributed by atoms with Crippen LogP contribution in [0.25, 0.3) is 0 Å². The summed E-state index contributed by atoms with van der Waals surface area (Å²) in [6, 6.07) is 7.65. The Balaban J connectivity index is 0.00000324. The third kappa shape index (κ3) is 6.45. The van der Waals surface area contributed by atoms with Crippen molar-refractivity contribution < 1.29 is 9.53 Å². The number of hydrogen-bond donors (Lipinski definition) is 2. The number of benzene rings is 1. The van der Waals surface area contributed by atoms with Gasteiger partial charge in [-0.2, -0.15) is 0 Å². The summed E-state index contributed by atoms with van der Waals surface area (Å²) in [5, 5.41) is 2.68. The highest BCUT2D eigenvalue weighted by atomic mass is 35.5. The van der Waals surface area contributed by atoms with Crippen LogP contribution < -0.4 is 11.1 Å². The van der Waals surface area contributed by atoms with Crippen LogP contribution in [0.4, 0.5) is 4.79 Å². The van der Waals surface area contributed by atoms with Gasteiger partial charge in [-0.05, 0) is 38.8 Å². The van der Waals surface area contributed by atoms with Gasteiger partial charge in [0, 0.05) is 12.6 Å². The molecule has 0 radical (unpaired) electrons. The van der Waals surface area contributed by atoms with Crippen molar-refractivity contribution in [1.29, 1.82) is 0 Å². The Bertz CT molecular complexity index is 416. The number of rotatable bonds is 3. The highest BCUT2D eigenvalue weighted by molar-refractivity contribution is 5.85. The van der Waals surface area contributed by atoms with Crippen LogP contribution in [0.1, 0.15) is 37.9 Å². The first-order chi connectivity index (χ1) is 8.29. The zero-order valence-electron chi connectivity index (χ0n) is 11.9. The van der Waals surface area contributed by atoms with Gasteiger partial charge in [-0.15, -0.1) is 12.4 Å². The van der Waals surface area contributed by atoms with Crippen LogP contribution in [-0.4, -0.2) is 18.2 Å². The van der Waals surface area contributed by atoms with E-state index in [2.05, 4.69) is 5.32 Å². The fraction of sp³-hybridized carbons (Fsp3) is 0.500. The maximum Gasteiger partial charge on any atom is 0.407 e. The molecule has 4 nitrogen and oxygen atoms in total. The molecule has 1 unspecified atom stereocenters. The molecule has 0 heterocycles. The van der Waals surface area contributed by atoms with E-state index in [9.17, 15) is 4.79 Å². The highest BCUT2D eigenvalue weighted by Gasteiger charge is 2.17. The van der Waals surface area contributed by atoms with Gasteiger partial charge in [0.1, 0.15) is 5.60 Å². The average molecular weight is 287 g/mol. The van der Waals surface area contributed by atoms with Gasteiger partial charge in [-0.25, -0.2) is 4.79 Å². The number of ether oxygens (including phenoxy) is 1. The molecule has 0 bridgehead atoms. The lowest BCUT2D eigenvalue weighted by molar-refractivity contribution is 0.0524. The number of aryl methyl sites for hydroxylation is 1. The fourth-order valence-electron chi connectivity index (χ4n) is 1.62. The Morgan fingerprint density at radius 1 is 1.37 bits per heavy atom. The molecule has 0 spiro atoms. The van der Waals surface area contributed by atoms with Crippen molar-refractivity contribution in [1.82, 2.24) is 5.32 Å². The van der Waals surface area contributed by atoms with Gasteiger partial charge < -0.3 is 15.8 Å². The lowest BCUT2D eigenvalue weighted by atomic mass is 10.0. The van der Waals surface area contributed by atoms with E-state index < -0.39 is 11.7 Å². The minimum atomic E-state index is -0.489. The monoisotopic (exact) mass is 286 g/mol. The summed E-state index contributed by atoms with van der Waals surface area (Å²) >= 11 is 0. The molecule has 0 saturated heterocycles. The van der Waals surface area contributed by atoms with Gasteiger partial charge in [0.05, 0.1) is 0 Å². The summed E-state index contributed by atoms with van der Waals surface area (Å²) in [5.74, 6) is 0. The molecule has 108 valence electrons. The van der Waals surface area contributed by atoms with Crippen molar-refractivity contribution in [3.63, 3.8) is 0 Å². The minimum Gasteiger partial charge on any atom is -0.444 e. The summed E-state index contributed by atoms with van der Waals surface area (Å²) in [5.41, 5.74) is 7.71. The number of halogens is 1. The van der Waals surface area contributed by atoms with E-state index in [1.54, 1.807) is 0 Å². The third-order valence-electron chi connectivity index (χ3n) is 2.45. The van der Waals surface area contributed by atoms with E-state index in [-0.39, 0.29) is 18.4 Å². The summed E-state index contributed by atoms with van der Waals surface area (Å²) < 4.78 is 5.15. The van der Waals surface area contributed by atoms with E-state index >= 15 is 0 Å². The fourth-order valence-corrected chi connectivity index (χ4v) is 1.62. The molecule has 0 aliphatic carbocycles. The molecule has 3 N–H and O–H groups in total. The maximum absolute atomic E-state index is 11.5. The van der Waals surface area contributed by atoms with Crippen molar-refractivity contribution in [3.8, 4) is 0 Å². The number of carbonyl (C=O) groups excluding carboxylic acids is 1. The van der Waals surface area contributed by atoms with Gasteiger partial charge in [0.25, 0.3) is 0 Å². The van der Waals surface area contributed by atoms with Crippen LogP contribution in [0.2, 0.25) is 0 Å². The molecule has 5 heteroatoms. The second-order valence-corrected chi connectivity index (χ2v) is 5.35. The molecule has 1 aromatic rings. The van der Waals surface area contributed by atoms with Gasteiger partial charge in [0.15, 0.2) is 0 Å². The number of alkyl carbamates (subject to hydrolysis) is 1. The molecule has 19 heavy (non-hydrogen) atoms. The number of nitrogens with two attached hydrogens (primary N) is 1. The molecule has 1 aromatic carbocycles. The Hall–Kier alpha value is -1.26. The minimum absolute atomic E-state index is 0. The molecule has 0 aliphatic heterocycles. The Labute approximate surface area is 121 Å². The first-order valence-electron chi connectivity index (χ1n) is 6.07. The van der Waals surface area contributed by atoms with Crippen molar-refractivity contribution in [3.05, 3.63) is 35.4 Å². The average Bonchev–Trinajstić information content (AvgIpc) is 2.24. The van der Waals surface area contributed by atoms with Crippen molar-refractivity contribution in [2.45, 2.75) is 39.3 Å². The van der Waals surface area contributed by atoms with Crippen LogP contribution in [0.15, 0.2) is 24.3 Å². The predicted octanol–water partition coefficient (Wildman–Crippen LogP) is 2.94. The Morgan fingerprint density at radius 2 is 1.95 bits per heavy atom. The van der Waals surface area contributed by atoms with E-state index in [0.29, 0.717) is 6.54 Å². The van der Waals surface area contributed by atoms with Gasteiger partial charge in [-0.1, -0.05) is 24.3 Å². The topological polar surface area (TPSA) is 64.3 Å². The normalized spacial score (nSPS) is 12.3. The highest BCUT2D eigenvalue weighted by Crippen LogP contribution is 2.14. The van der Waals surface area contributed by atoms with Crippen molar-refractivity contribution in [2.75, 3.05) is 6.54 Å². The number of carbonyl (C=O) groups is 1. The SMILES string of the molecule is Cc1ccccc1C(N)CNC(=O)OC(C)(C)C.Cl. The summed E-state index contributed by atoms with van der Waals surface area (Å²) in [6.45, 7) is 7.85. The molecule has 1 rings (SSSR count). The zero-order chi connectivity index (χ0) is 13.8. The lowest BCUT2D eigenvalue weighted by Crippen LogP contribution is -2.36. The van der Waals surface area contributed by atoms with Crippen LogP contribution in [0.5, 0.6) is 0 Å². The summed E-state index contributed by atoms with van der Waals surface area (Å²) in [4.78, 5) is 11.5. The summed E-state index contributed by atoms with van der Waals surface area (Å²) in [7, 11) is 0. The van der Waals surface area contributed by atoms with Crippen molar-refractivity contribution >= 4 is 18.5 Å². The maximum atomic E-state index is 11.5. The van der Waals surface area contributed by atoms with Crippen LogP contribution >= 0.6 is 12.4 Å². The van der Waals surface area contributed by atoms with Gasteiger partial charge in [0.2, 0.25) is 0 Å². The number of amides is 1. The molecular weight excluding hydrogens is 264 g/mol. The number of hydrogen-bond acceptors (Lipinski definition) is 3. The summed E-state index contributed by atoms with van der Waals surface area (Å²) in [6.07, 6.45) is -0.438. The van der Waals surface area contributed by atoms with E-state index in [0.717, 1.165) is 11.1 Å². The smallest absolute Gasteiger partial charge is 0.407 e. The second kappa shape index (κ2) is 7.36. The standard InChI is InChI=1S/C14H22N2O2.ClH/c1-10-7-5-6-8-11(10)12(15)9-16-13(17)18-14(2,3)4;/h5-8,12H,9,15H2,1-4H3,(H,16,17);1H. The first kappa shape index (κ1) is 17.7. The Kier molecular flexibility index (Phi) is 6.87. The zero-order valence-corrected chi connectivity index (χ0v) is 12.7. The van der Waals surface area contributed by atoms with Crippen LogP contribution in [0, 0.1) is 6.92 Å². The molecule has 0 fully saturated rings.